The number of aromatic nitrogens is 2. The minimum Gasteiger partial charge on any atom is -0.366 e. The fourth-order valence-electron chi connectivity index (χ4n) is 1.41. The van der Waals surface area contributed by atoms with Crippen LogP contribution in [0, 0.1) is 0 Å². The molecule has 0 aliphatic carbocycles. The number of nitrogens with two attached hydrogens (primary N) is 1. The van der Waals surface area contributed by atoms with Gasteiger partial charge in [0, 0.05) is 17.3 Å². The van der Waals surface area contributed by atoms with E-state index >= 15 is 0 Å². The normalized spacial score (nSPS) is 9.80. The van der Waals surface area contributed by atoms with E-state index in [1.807, 2.05) is 0 Å². The molecule has 0 saturated carbocycles. The highest BCUT2D eigenvalue weighted by molar-refractivity contribution is 5.99. The summed E-state index contributed by atoms with van der Waals surface area (Å²) in [7, 11) is 0. The van der Waals surface area contributed by atoms with Gasteiger partial charge in [-0.15, -0.1) is 0 Å². The van der Waals surface area contributed by atoms with Crippen LogP contribution >= 0.6 is 0 Å². The molecule has 3 amide bonds. The summed E-state index contributed by atoms with van der Waals surface area (Å²) in [5.41, 5.74) is 5.57. The summed E-state index contributed by atoms with van der Waals surface area (Å²) in [6.45, 7) is 0. The summed E-state index contributed by atoms with van der Waals surface area (Å²) >= 11 is 0. The molecule has 0 aliphatic heterocycles. The van der Waals surface area contributed by atoms with Crippen LogP contribution in [0.1, 0.15) is 10.4 Å². The van der Waals surface area contributed by atoms with Crippen molar-refractivity contribution in [3.8, 4) is 0 Å². The van der Waals surface area contributed by atoms with Crippen molar-refractivity contribution >= 4 is 23.4 Å². The molecule has 0 spiro atoms. The third-order valence-corrected chi connectivity index (χ3v) is 2.35. The first-order valence-electron chi connectivity index (χ1n) is 5.58. The number of rotatable bonds is 3. The second-order valence-corrected chi connectivity index (χ2v) is 3.83. The van der Waals surface area contributed by atoms with Gasteiger partial charge in [-0.05, 0) is 30.3 Å². The van der Waals surface area contributed by atoms with Crippen LogP contribution in [0.15, 0.2) is 41.2 Å². The van der Waals surface area contributed by atoms with Crippen molar-refractivity contribution in [3.63, 3.8) is 0 Å². The lowest BCUT2D eigenvalue weighted by Gasteiger charge is -2.06. The average Bonchev–Trinajstić information content (AvgIpc) is 2.42. The van der Waals surface area contributed by atoms with E-state index in [1.165, 1.54) is 24.3 Å². The number of carbonyl (C=O) groups is 2. The molecule has 2 aromatic rings. The van der Waals surface area contributed by atoms with Crippen LogP contribution in [0.3, 0.4) is 0 Å². The van der Waals surface area contributed by atoms with Crippen molar-refractivity contribution in [1.29, 1.82) is 0 Å². The maximum atomic E-state index is 11.6. The molecule has 0 bridgehead atoms. The number of aromatic amines is 1. The van der Waals surface area contributed by atoms with Crippen molar-refractivity contribution in [1.82, 2.24) is 10.2 Å². The lowest BCUT2D eigenvalue weighted by molar-refractivity contribution is 0.100. The Labute approximate surface area is 113 Å². The molecule has 8 nitrogen and oxygen atoms in total. The topological polar surface area (TPSA) is 130 Å². The van der Waals surface area contributed by atoms with Gasteiger partial charge in [0.25, 0.3) is 5.56 Å². The zero-order valence-corrected chi connectivity index (χ0v) is 10.2. The number of hydrogen-bond acceptors (Lipinski definition) is 4. The van der Waals surface area contributed by atoms with Crippen molar-refractivity contribution < 1.29 is 9.59 Å². The highest BCUT2D eigenvalue weighted by Crippen LogP contribution is 2.09. The van der Waals surface area contributed by atoms with Crippen LogP contribution in [0.2, 0.25) is 0 Å². The molecule has 1 aromatic carbocycles. The van der Waals surface area contributed by atoms with Crippen LogP contribution in [-0.4, -0.2) is 22.1 Å². The number of H-pyrrole nitrogens is 1. The van der Waals surface area contributed by atoms with Gasteiger partial charge < -0.3 is 11.1 Å². The van der Waals surface area contributed by atoms with Gasteiger partial charge in [-0.2, -0.15) is 5.10 Å². The number of nitrogens with zero attached hydrogens (tertiary/aromatic N) is 1. The van der Waals surface area contributed by atoms with Crippen molar-refractivity contribution in [2.75, 3.05) is 10.6 Å². The molecular weight excluding hydrogens is 262 g/mol. The summed E-state index contributed by atoms with van der Waals surface area (Å²) in [6.07, 6.45) is 0. The second kappa shape index (κ2) is 5.65. The monoisotopic (exact) mass is 273 g/mol. The summed E-state index contributed by atoms with van der Waals surface area (Å²) in [6, 6.07) is 8.15. The van der Waals surface area contributed by atoms with Crippen LogP contribution in [0.25, 0.3) is 0 Å². The van der Waals surface area contributed by atoms with E-state index in [4.69, 9.17) is 5.73 Å². The van der Waals surface area contributed by atoms with Crippen molar-refractivity contribution in [3.05, 3.63) is 52.3 Å². The van der Waals surface area contributed by atoms with Gasteiger partial charge >= 0.3 is 6.03 Å². The largest absolute Gasteiger partial charge is 0.366 e. The third kappa shape index (κ3) is 3.42. The molecule has 0 saturated heterocycles. The number of nitrogens with one attached hydrogen (secondary N) is 3. The Bertz CT molecular complexity index is 672. The number of urea groups is 1. The molecule has 1 heterocycles. The zero-order valence-electron chi connectivity index (χ0n) is 10.2. The Kier molecular flexibility index (Phi) is 3.75. The predicted octanol–water partition coefficient (Wildman–Crippen LogP) is 0.513. The quantitative estimate of drug-likeness (QED) is 0.649. The van der Waals surface area contributed by atoms with Gasteiger partial charge in [-0.1, -0.05) is 0 Å². The molecular formula is C12H11N5O3. The summed E-state index contributed by atoms with van der Waals surface area (Å²) in [4.78, 5) is 33.3. The maximum absolute atomic E-state index is 11.6. The van der Waals surface area contributed by atoms with Gasteiger partial charge in [-0.3, -0.25) is 14.9 Å². The summed E-state index contributed by atoms with van der Waals surface area (Å²) < 4.78 is 0. The minimum absolute atomic E-state index is 0.204. The van der Waals surface area contributed by atoms with Crippen molar-refractivity contribution in [2.24, 2.45) is 5.73 Å². The van der Waals surface area contributed by atoms with E-state index in [9.17, 15) is 14.4 Å². The lowest BCUT2D eigenvalue weighted by Crippen LogP contribution is -2.21. The van der Waals surface area contributed by atoms with Gasteiger partial charge in [0.05, 0.1) is 0 Å². The Morgan fingerprint density at radius 3 is 2.30 bits per heavy atom. The fourth-order valence-corrected chi connectivity index (χ4v) is 1.41. The Balaban J connectivity index is 1.99. The Hall–Kier alpha value is -3.16. The molecule has 0 unspecified atom stereocenters. The number of amides is 3. The molecule has 1 aromatic heterocycles. The average molecular weight is 273 g/mol. The van der Waals surface area contributed by atoms with Gasteiger partial charge in [0.1, 0.15) is 0 Å². The molecule has 20 heavy (non-hydrogen) atoms. The SMILES string of the molecule is NC(=O)c1ccc(NC(=O)Nc2ccc(=O)[nH]n2)cc1. The first-order chi connectivity index (χ1) is 9.54. The maximum Gasteiger partial charge on any atom is 0.324 e. The van der Waals surface area contributed by atoms with E-state index in [-0.39, 0.29) is 11.4 Å². The van der Waals surface area contributed by atoms with E-state index in [2.05, 4.69) is 20.8 Å². The van der Waals surface area contributed by atoms with Gasteiger partial charge in [-0.25, -0.2) is 9.89 Å². The first kappa shape index (κ1) is 13.3. The molecule has 2 rings (SSSR count). The molecule has 0 atom stereocenters. The number of benzene rings is 1. The van der Waals surface area contributed by atoms with Crippen molar-refractivity contribution in [2.45, 2.75) is 0 Å². The van der Waals surface area contributed by atoms with Gasteiger partial charge in [0.15, 0.2) is 5.82 Å². The van der Waals surface area contributed by atoms with E-state index in [0.717, 1.165) is 0 Å². The van der Waals surface area contributed by atoms with Crippen LogP contribution in [0.4, 0.5) is 16.3 Å². The minimum atomic E-state index is -0.543. The number of carbonyl (C=O) groups excluding carboxylic acids is 2. The first-order valence-corrected chi connectivity index (χ1v) is 5.58. The molecule has 0 radical (unpaired) electrons. The van der Waals surface area contributed by atoms with Gasteiger partial charge in [0.2, 0.25) is 5.91 Å². The standard InChI is InChI=1S/C12H11N5O3/c13-11(19)7-1-3-8(4-2-7)14-12(20)15-9-5-6-10(18)17-16-9/h1-6H,(H2,13,19)(H,17,18)(H2,14,15,16,20). The zero-order chi connectivity index (χ0) is 14.5. The Morgan fingerprint density at radius 2 is 1.75 bits per heavy atom. The molecule has 8 heteroatoms. The highest BCUT2D eigenvalue weighted by atomic mass is 16.2. The van der Waals surface area contributed by atoms with Crippen LogP contribution < -0.4 is 21.9 Å². The third-order valence-electron chi connectivity index (χ3n) is 2.35. The van der Waals surface area contributed by atoms with E-state index in [1.54, 1.807) is 12.1 Å². The van der Waals surface area contributed by atoms with Crippen LogP contribution in [0.5, 0.6) is 0 Å². The number of hydrogen-bond donors (Lipinski definition) is 4. The Morgan fingerprint density at radius 1 is 1.05 bits per heavy atom. The molecule has 0 aliphatic rings. The lowest BCUT2D eigenvalue weighted by atomic mass is 10.2. The molecule has 102 valence electrons. The summed E-state index contributed by atoms with van der Waals surface area (Å²) in [5, 5.41) is 10.8. The fraction of sp³-hybridized carbons (Fsp3) is 0. The molecule has 0 fully saturated rings. The second-order valence-electron chi connectivity index (χ2n) is 3.83. The summed E-state index contributed by atoms with van der Waals surface area (Å²) in [5.74, 6) is -0.339. The predicted molar refractivity (Wildman–Crippen MR) is 72.5 cm³/mol. The van der Waals surface area contributed by atoms with Crippen LogP contribution in [-0.2, 0) is 0 Å². The smallest absolute Gasteiger partial charge is 0.324 e. The number of anilines is 2. The molecule has 5 N–H and O–H groups in total. The number of primary amides is 1. The highest BCUT2D eigenvalue weighted by Gasteiger charge is 2.05. The van der Waals surface area contributed by atoms with E-state index < -0.39 is 11.9 Å². The van der Waals surface area contributed by atoms with E-state index in [0.29, 0.717) is 11.3 Å².